The fourth-order valence-corrected chi connectivity index (χ4v) is 6.26. The first-order chi connectivity index (χ1) is 21.1. The van der Waals surface area contributed by atoms with E-state index in [0.717, 1.165) is 15.4 Å². The highest BCUT2D eigenvalue weighted by Crippen LogP contribution is 2.36. The summed E-state index contributed by atoms with van der Waals surface area (Å²) in [7, 11) is 0. The van der Waals surface area contributed by atoms with Crippen molar-refractivity contribution < 1.29 is 23.6 Å². The third-order valence-electron chi connectivity index (χ3n) is 6.37. The Morgan fingerprint density at radius 1 is 0.932 bits per heavy atom. The number of hydrogen-bond donors (Lipinski definition) is 2. The maximum Gasteiger partial charge on any atom is 0.272 e. The lowest BCUT2D eigenvalue weighted by molar-refractivity contribution is -0.121. The lowest BCUT2D eigenvalue weighted by atomic mass is 10.1. The molecule has 1 saturated heterocycles. The van der Waals surface area contributed by atoms with Crippen molar-refractivity contribution in [2.45, 2.75) is 16.6 Å². The van der Waals surface area contributed by atoms with Gasteiger partial charge in [-0.05, 0) is 72.3 Å². The molecule has 0 saturated carbocycles. The number of imide groups is 1. The number of halogens is 4. The van der Waals surface area contributed by atoms with Crippen molar-refractivity contribution in [3.05, 3.63) is 128 Å². The van der Waals surface area contributed by atoms with Crippen LogP contribution in [0.1, 0.15) is 22.3 Å². The number of amides is 4. The van der Waals surface area contributed by atoms with Crippen molar-refractivity contribution in [1.82, 2.24) is 5.32 Å². The highest BCUT2D eigenvalue weighted by atomic mass is 79.9. The van der Waals surface area contributed by atoms with Crippen molar-refractivity contribution in [2.75, 3.05) is 10.2 Å². The van der Waals surface area contributed by atoms with Crippen molar-refractivity contribution in [1.29, 1.82) is 0 Å². The molecule has 5 rings (SSSR count). The Morgan fingerprint density at radius 3 is 2.34 bits per heavy atom. The summed E-state index contributed by atoms with van der Waals surface area (Å²) in [5.41, 5.74) is 0.948. The number of benzene rings is 4. The van der Waals surface area contributed by atoms with Crippen LogP contribution < -0.4 is 15.5 Å². The predicted octanol–water partition coefficient (Wildman–Crippen LogP) is 7.73. The van der Waals surface area contributed by atoms with Crippen LogP contribution in [0.2, 0.25) is 10.0 Å². The Kier molecular flexibility index (Phi) is 9.85. The van der Waals surface area contributed by atoms with Gasteiger partial charge >= 0.3 is 0 Å². The minimum atomic E-state index is -0.791. The summed E-state index contributed by atoms with van der Waals surface area (Å²) < 4.78 is 15.1. The van der Waals surface area contributed by atoms with E-state index in [4.69, 9.17) is 23.2 Å². The minimum Gasteiger partial charge on any atom is -0.321 e. The Morgan fingerprint density at radius 2 is 1.64 bits per heavy atom. The van der Waals surface area contributed by atoms with E-state index < -0.39 is 28.8 Å². The number of thioether (sulfide) groups is 1. The number of carbonyl (C=O) groups is 4. The highest BCUT2D eigenvalue weighted by molar-refractivity contribution is 9.10. The van der Waals surface area contributed by atoms with Gasteiger partial charge in [-0.2, -0.15) is 0 Å². The fourth-order valence-electron chi connectivity index (χ4n) is 4.36. The number of rotatable bonds is 8. The first kappa shape index (κ1) is 31.5. The number of nitrogens with zero attached hydrogens (tertiary/aromatic N) is 1. The van der Waals surface area contributed by atoms with Gasteiger partial charge in [0.2, 0.25) is 11.8 Å². The van der Waals surface area contributed by atoms with Gasteiger partial charge in [-0.1, -0.05) is 69.5 Å². The molecule has 0 aromatic heterocycles. The van der Waals surface area contributed by atoms with Crippen LogP contribution in [-0.2, 0) is 14.4 Å². The molecule has 7 nitrogen and oxygen atoms in total. The van der Waals surface area contributed by atoms with Crippen LogP contribution >= 0.6 is 50.9 Å². The molecule has 4 amide bonds. The molecule has 4 aromatic rings. The Balaban J connectivity index is 1.34. The summed E-state index contributed by atoms with van der Waals surface area (Å²) in [5, 5.41) is 5.15. The zero-order valence-corrected chi connectivity index (χ0v) is 26.4. The van der Waals surface area contributed by atoms with Gasteiger partial charge in [-0.25, -0.2) is 9.29 Å². The van der Waals surface area contributed by atoms with E-state index in [0.29, 0.717) is 31.9 Å². The van der Waals surface area contributed by atoms with Gasteiger partial charge < -0.3 is 10.6 Å². The van der Waals surface area contributed by atoms with Gasteiger partial charge in [0.25, 0.3) is 11.8 Å². The second kappa shape index (κ2) is 13.8. The SMILES string of the molecule is O=C(Nc1cccc(S[C@H]2CC(=O)N(c3cc(Cl)cc(Cl)c3)C2=O)c1)/C(=C/c1ccc(Br)cc1)NC(=O)c1ccccc1F. The van der Waals surface area contributed by atoms with Crippen molar-refractivity contribution in [3.8, 4) is 0 Å². The summed E-state index contributed by atoms with van der Waals surface area (Å²) in [6, 6.07) is 23.7. The fraction of sp³-hybridized carbons (Fsp3) is 0.0625. The van der Waals surface area contributed by atoms with Gasteiger partial charge in [-0.15, -0.1) is 11.8 Å². The Hall–Kier alpha value is -3.96. The summed E-state index contributed by atoms with van der Waals surface area (Å²) in [6.45, 7) is 0. The van der Waals surface area contributed by atoms with E-state index in [9.17, 15) is 23.6 Å². The number of hydrogen-bond acceptors (Lipinski definition) is 5. The van der Waals surface area contributed by atoms with Crippen LogP contribution in [0.3, 0.4) is 0 Å². The molecular weight excluding hydrogens is 692 g/mol. The number of anilines is 2. The number of carbonyl (C=O) groups excluding carboxylic acids is 4. The highest BCUT2D eigenvalue weighted by Gasteiger charge is 2.40. The molecule has 0 aliphatic carbocycles. The van der Waals surface area contributed by atoms with Crippen LogP contribution in [0, 0.1) is 5.82 Å². The van der Waals surface area contributed by atoms with E-state index in [2.05, 4.69) is 26.6 Å². The van der Waals surface area contributed by atoms with Gasteiger partial charge in [0.05, 0.1) is 16.5 Å². The Labute approximate surface area is 274 Å². The van der Waals surface area contributed by atoms with Crippen molar-refractivity contribution in [3.63, 3.8) is 0 Å². The molecule has 1 aliphatic heterocycles. The van der Waals surface area contributed by atoms with Crippen molar-refractivity contribution in [2.24, 2.45) is 0 Å². The van der Waals surface area contributed by atoms with Gasteiger partial charge in [-0.3, -0.25) is 19.2 Å². The molecule has 2 N–H and O–H groups in total. The quantitative estimate of drug-likeness (QED) is 0.144. The van der Waals surface area contributed by atoms with E-state index in [1.165, 1.54) is 54.2 Å². The summed E-state index contributed by atoms with van der Waals surface area (Å²) in [5.74, 6) is -2.97. The molecule has 0 bridgehead atoms. The molecule has 1 fully saturated rings. The summed E-state index contributed by atoms with van der Waals surface area (Å²) in [4.78, 5) is 53.9. The minimum absolute atomic E-state index is 0.0353. The smallest absolute Gasteiger partial charge is 0.272 e. The molecule has 12 heteroatoms. The topological polar surface area (TPSA) is 95.6 Å². The van der Waals surface area contributed by atoms with Crippen LogP contribution in [-0.4, -0.2) is 28.9 Å². The van der Waals surface area contributed by atoms with Crippen LogP contribution in [0.5, 0.6) is 0 Å². The Bertz CT molecular complexity index is 1800. The zero-order chi connectivity index (χ0) is 31.4. The standard InChI is InChI=1S/C32H21BrCl2FN3O4S/c33-19-10-8-18(9-11-19)12-27(38-30(41)25-6-1-2-7-26(25)36)31(42)37-22-4-3-5-24(16-22)44-28-17-29(40)39(32(28)43)23-14-20(34)13-21(35)15-23/h1-16,28H,17H2,(H,37,42)(H,38,41)/b27-12-/t28-/m0/s1. The first-order valence-electron chi connectivity index (χ1n) is 13.0. The molecule has 0 spiro atoms. The monoisotopic (exact) mass is 711 g/mol. The third kappa shape index (κ3) is 7.57. The number of nitrogens with one attached hydrogen (secondary N) is 2. The van der Waals surface area contributed by atoms with Crippen LogP contribution in [0.4, 0.5) is 15.8 Å². The van der Waals surface area contributed by atoms with E-state index >= 15 is 0 Å². The molecule has 44 heavy (non-hydrogen) atoms. The molecule has 0 radical (unpaired) electrons. The maximum atomic E-state index is 14.3. The third-order valence-corrected chi connectivity index (χ3v) is 8.52. The molecular formula is C32H21BrCl2FN3O4S. The summed E-state index contributed by atoms with van der Waals surface area (Å²) >= 11 is 16.7. The van der Waals surface area contributed by atoms with Crippen LogP contribution in [0.25, 0.3) is 6.08 Å². The molecule has 4 aromatic carbocycles. The molecule has 1 heterocycles. The van der Waals surface area contributed by atoms with Gasteiger partial charge in [0, 0.05) is 31.5 Å². The van der Waals surface area contributed by atoms with E-state index in [1.54, 1.807) is 48.5 Å². The lowest BCUT2D eigenvalue weighted by Crippen LogP contribution is -2.31. The lowest BCUT2D eigenvalue weighted by Gasteiger charge is -2.16. The average molecular weight is 713 g/mol. The van der Waals surface area contributed by atoms with Gasteiger partial charge in [0.15, 0.2) is 0 Å². The second-order valence-electron chi connectivity index (χ2n) is 9.53. The van der Waals surface area contributed by atoms with Crippen molar-refractivity contribution >= 4 is 92.0 Å². The molecule has 222 valence electrons. The van der Waals surface area contributed by atoms with Crippen LogP contribution in [0.15, 0.2) is 106 Å². The second-order valence-corrected chi connectivity index (χ2v) is 12.6. The normalized spacial score (nSPS) is 15.0. The molecule has 1 aliphatic rings. The van der Waals surface area contributed by atoms with E-state index in [1.807, 2.05) is 0 Å². The maximum absolute atomic E-state index is 14.3. The average Bonchev–Trinajstić information content (AvgIpc) is 3.25. The summed E-state index contributed by atoms with van der Waals surface area (Å²) in [6.07, 6.45) is 1.44. The van der Waals surface area contributed by atoms with E-state index in [-0.39, 0.29) is 23.6 Å². The molecule has 1 atom stereocenters. The first-order valence-corrected chi connectivity index (χ1v) is 15.4. The molecule has 0 unspecified atom stereocenters. The zero-order valence-electron chi connectivity index (χ0n) is 22.5. The van der Waals surface area contributed by atoms with Gasteiger partial charge in [0.1, 0.15) is 11.5 Å². The largest absolute Gasteiger partial charge is 0.321 e. The predicted molar refractivity (Wildman–Crippen MR) is 174 cm³/mol.